The minimum absolute atomic E-state index is 0.0962. The maximum atomic E-state index is 13.9. The van der Waals surface area contributed by atoms with Gasteiger partial charge in [-0.1, -0.05) is 36.4 Å². The first-order valence-electron chi connectivity index (χ1n) is 9.52. The van der Waals surface area contributed by atoms with Gasteiger partial charge in [-0.05, 0) is 65.4 Å². The summed E-state index contributed by atoms with van der Waals surface area (Å²) < 4.78 is 26.4. The van der Waals surface area contributed by atoms with Crippen molar-refractivity contribution in [1.29, 1.82) is 0 Å². The number of para-hydroxylation sites is 1. The van der Waals surface area contributed by atoms with Crippen molar-refractivity contribution in [2.45, 2.75) is 13.5 Å². The smallest absolute Gasteiger partial charge is 0.256 e. The van der Waals surface area contributed by atoms with E-state index in [2.05, 4.69) is 27.9 Å². The van der Waals surface area contributed by atoms with Crippen molar-refractivity contribution >= 4 is 45.8 Å². The summed E-state index contributed by atoms with van der Waals surface area (Å²) in [5.74, 6) is 0.667. The summed E-state index contributed by atoms with van der Waals surface area (Å²) in [5, 5.41) is 2.88. The molecule has 1 aliphatic rings. The highest BCUT2D eigenvalue weighted by Crippen LogP contribution is 2.38. The monoisotopic (exact) mass is 515 g/mol. The molecule has 0 aliphatic carbocycles. The van der Waals surface area contributed by atoms with Crippen LogP contribution in [0.4, 0.5) is 10.1 Å². The molecule has 6 heteroatoms. The van der Waals surface area contributed by atoms with E-state index in [0.29, 0.717) is 29.2 Å². The molecular weight excluding hydrogens is 496 g/mol. The number of hydrogen-bond donors (Lipinski definition) is 1. The maximum Gasteiger partial charge on any atom is 0.256 e. The Morgan fingerprint density at radius 1 is 1.07 bits per heavy atom. The molecule has 0 spiro atoms. The summed E-state index contributed by atoms with van der Waals surface area (Å²) in [4.78, 5) is 12.4. The van der Waals surface area contributed by atoms with Gasteiger partial charge in [0.05, 0.1) is 10.2 Å². The molecule has 4 nitrogen and oxygen atoms in total. The number of benzene rings is 3. The number of rotatable bonds is 6. The Morgan fingerprint density at radius 2 is 1.83 bits per heavy atom. The Hall–Kier alpha value is -2.87. The fourth-order valence-electron chi connectivity index (χ4n) is 3.29. The number of carbonyl (C=O) groups is 1. The van der Waals surface area contributed by atoms with E-state index in [9.17, 15) is 9.18 Å². The number of amides is 1. The lowest BCUT2D eigenvalue weighted by Gasteiger charge is -2.15. The highest BCUT2D eigenvalue weighted by Gasteiger charge is 2.23. The second-order valence-corrected chi connectivity index (χ2v) is 7.86. The lowest BCUT2D eigenvalue weighted by Crippen LogP contribution is -2.04. The van der Waals surface area contributed by atoms with Crippen LogP contribution >= 0.6 is 22.6 Å². The van der Waals surface area contributed by atoms with E-state index in [-0.39, 0.29) is 18.3 Å². The Labute approximate surface area is 187 Å². The molecule has 1 aliphatic heterocycles. The lowest BCUT2D eigenvalue weighted by molar-refractivity contribution is -0.110. The van der Waals surface area contributed by atoms with Gasteiger partial charge in [0, 0.05) is 22.4 Å². The summed E-state index contributed by atoms with van der Waals surface area (Å²) in [6.07, 6.45) is 1.84. The van der Waals surface area contributed by atoms with E-state index in [0.717, 1.165) is 20.4 Å². The lowest BCUT2D eigenvalue weighted by atomic mass is 10.0. The van der Waals surface area contributed by atoms with Crippen LogP contribution < -0.4 is 14.8 Å². The number of anilines is 1. The van der Waals surface area contributed by atoms with Gasteiger partial charge in [-0.25, -0.2) is 4.39 Å². The van der Waals surface area contributed by atoms with Crippen LogP contribution in [0.25, 0.3) is 11.6 Å². The Bertz CT molecular complexity index is 1140. The standard InChI is InChI=1S/C24H19FINO3/c1-2-29-22-13-15(11-18-17-8-4-6-10-21(17)27-24(18)28)12-20(26)23(22)30-14-16-7-3-5-9-19(16)25/h3-13H,2,14H2,1H3,(H,27,28)/b18-11-. The van der Waals surface area contributed by atoms with Crippen molar-refractivity contribution in [1.82, 2.24) is 0 Å². The first-order valence-corrected chi connectivity index (χ1v) is 10.6. The molecule has 1 N–H and O–H groups in total. The van der Waals surface area contributed by atoms with Gasteiger partial charge in [0.25, 0.3) is 5.91 Å². The van der Waals surface area contributed by atoms with Crippen LogP contribution in [-0.4, -0.2) is 12.5 Å². The molecule has 1 amide bonds. The van der Waals surface area contributed by atoms with Gasteiger partial charge < -0.3 is 14.8 Å². The molecule has 0 aromatic heterocycles. The Kier molecular flexibility index (Phi) is 6.03. The van der Waals surface area contributed by atoms with Crippen LogP contribution in [0.15, 0.2) is 60.7 Å². The average Bonchev–Trinajstić information content (AvgIpc) is 3.04. The van der Waals surface area contributed by atoms with E-state index in [4.69, 9.17) is 9.47 Å². The number of ether oxygens (including phenoxy) is 2. The van der Waals surface area contributed by atoms with Crippen molar-refractivity contribution in [2.75, 3.05) is 11.9 Å². The van der Waals surface area contributed by atoms with Crippen LogP contribution in [0.3, 0.4) is 0 Å². The quantitative estimate of drug-likeness (QED) is 0.329. The molecule has 152 valence electrons. The number of nitrogens with one attached hydrogen (secondary N) is 1. The highest BCUT2D eigenvalue weighted by atomic mass is 127. The van der Waals surface area contributed by atoms with Gasteiger partial charge in [0.15, 0.2) is 11.5 Å². The van der Waals surface area contributed by atoms with Crippen molar-refractivity contribution in [2.24, 2.45) is 0 Å². The molecule has 0 saturated carbocycles. The van der Waals surface area contributed by atoms with Crippen LogP contribution in [0.1, 0.15) is 23.6 Å². The number of fused-ring (bicyclic) bond motifs is 1. The van der Waals surface area contributed by atoms with Crippen LogP contribution in [0.2, 0.25) is 0 Å². The summed E-state index contributed by atoms with van der Waals surface area (Å²) >= 11 is 2.17. The molecule has 30 heavy (non-hydrogen) atoms. The molecule has 3 aromatic carbocycles. The SMILES string of the molecule is CCOc1cc(/C=C2\C(=O)Nc3ccccc32)cc(I)c1OCc1ccccc1F. The fourth-order valence-corrected chi connectivity index (χ4v) is 4.07. The minimum atomic E-state index is -0.308. The normalized spacial score (nSPS) is 13.8. The minimum Gasteiger partial charge on any atom is -0.490 e. The molecule has 0 saturated heterocycles. The Morgan fingerprint density at radius 3 is 2.63 bits per heavy atom. The predicted octanol–water partition coefficient (Wildman–Crippen LogP) is 5.90. The third kappa shape index (κ3) is 4.18. The second-order valence-electron chi connectivity index (χ2n) is 6.70. The molecule has 0 radical (unpaired) electrons. The van der Waals surface area contributed by atoms with E-state index >= 15 is 0 Å². The van der Waals surface area contributed by atoms with Crippen LogP contribution in [0.5, 0.6) is 11.5 Å². The van der Waals surface area contributed by atoms with Crippen molar-refractivity contribution in [3.63, 3.8) is 0 Å². The predicted molar refractivity (Wildman–Crippen MR) is 124 cm³/mol. The summed E-state index contributed by atoms with van der Waals surface area (Å²) in [6, 6.07) is 17.9. The van der Waals surface area contributed by atoms with Gasteiger partial charge in [0.2, 0.25) is 0 Å². The van der Waals surface area contributed by atoms with Gasteiger partial charge >= 0.3 is 0 Å². The molecule has 1 heterocycles. The topological polar surface area (TPSA) is 47.6 Å². The Balaban J connectivity index is 1.67. The van der Waals surface area contributed by atoms with E-state index in [1.54, 1.807) is 18.2 Å². The third-order valence-electron chi connectivity index (χ3n) is 4.68. The third-order valence-corrected chi connectivity index (χ3v) is 5.48. The van der Waals surface area contributed by atoms with Crippen molar-refractivity contribution in [3.05, 3.63) is 86.7 Å². The second kappa shape index (κ2) is 8.87. The molecule has 4 rings (SSSR count). The van der Waals surface area contributed by atoms with Crippen LogP contribution in [0, 0.1) is 9.39 Å². The molecule has 0 fully saturated rings. The van der Waals surface area contributed by atoms with E-state index in [1.165, 1.54) is 6.07 Å². The molecule has 0 unspecified atom stereocenters. The highest BCUT2D eigenvalue weighted by molar-refractivity contribution is 14.1. The zero-order chi connectivity index (χ0) is 21.1. The van der Waals surface area contributed by atoms with Crippen molar-refractivity contribution < 1.29 is 18.7 Å². The fraction of sp³-hybridized carbons (Fsp3) is 0.125. The molecule has 0 atom stereocenters. The number of carbonyl (C=O) groups excluding carboxylic acids is 1. The van der Waals surface area contributed by atoms with Crippen LogP contribution in [-0.2, 0) is 11.4 Å². The largest absolute Gasteiger partial charge is 0.490 e. The summed E-state index contributed by atoms with van der Waals surface area (Å²) in [5.41, 5.74) is 3.57. The van der Waals surface area contributed by atoms with Gasteiger partial charge in [-0.3, -0.25) is 4.79 Å². The summed E-state index contributed by atoms with van der Waals surface area (Å²) in [7, 11) is 0. The van der Waals surface area contributed by atoms with Gasteiger partial charge in [-0.2, -0.15) is 0 Å². The molecular formula is C24H19FINO3. The first kappa shape index (κ1) is 20.4. The molecule has 3 aromatic rings. The number of hydrogen-bond acceptors (Lipinski definition) is 3. The van der Waals surface area contributed by atoms with Gasteiger partial charge in [-0.15, -0.1) is 0 Å². The average molecular weight is 515 g/mol. The first-order chi connectivity index (χ1) is 14.6. The zero-order valence-corrected chi connectivity index (χ0v) is 18.4. The maximum absolute atomic E-state index is 13.9. The van der Waals surface area contributed by atoms with E-state index in [1.807, 2.05) is 49.4 Å². The van der Waals surface area contributed by atoms with E-state index < -0.39 is 0 Å². The van der Waals surface area contributed by atoms with Gasteiger partial charge in [0.1, 0.15) is 12.4 Å². The number of halogens is 2. The molecule has 0 bridgehead atoms. The van der Waals surface area contributed by atoms with Crippen molar-refractivity contribution in [3.8, 4) is 11.5 Å². The zero-order valence-electron chi connectivity index (χ0n) is 16.2. The summed E-state index contributed by atoms with van der Waals surface area (Å²) in [6.45, 7) is 2.44.